The lowest BCUT2D eigenvalue weighted by molar-refractivity contribution is 0.00629. The summed E-state index contributed by atoms with van der Waals surface area (Å²) >= 11 is 0. The second-order valence-electron chi connectivity index (χ2n) is 4.94. The normalized spacial score (nSPS) is 13.3. The number of hydrogen-bond acceptors (Lipinski definition) is 4. The molecule has 0 amide bonds. The van der Waals surface area contributed by atoms with Crippen LogP contribution in [0.2, 0.25) is 0 Å². The van der Waals surface area contributed by atoms with Crippen LogP contribution in [0.1, 0.15) is 30.8 Å². The van der Waals surface area contributed by atoms with Gasteiger partial charge in [0.2, 0.25) is 0 Å². The number of aryl methyl sites for hydroxylation is 2. The number of hydrogen-bond donors (Lipinski definition) is 2. The van der Waals surface area contributed by atoms with Crippen molar-refractivity contribution in [2.75, 3.05) is 13.2 Å². The van der Waals surface area contributed by atoms with Crippen LogP contribution in [0, 0.1) is 13.8 Å². The van der Waals surface area contributed by atoms with Gasteiger partial charge in [-0.25, -0.2) is 0 Å². The van der Waals surface area contributed by atoms with Crippen LogP contribution in [0.25, 0.3) is 0 Å². The Morgan fingerprint density at radius 3 is 2.56 bits per heavy atom. The smallest absolute Gasteiger partial charge is 0.0897 e. The molecule has 1 rings (SSSR count). The number of ether oxygens (including phenoxy) is 1. The van der Waals surface area contributed by atoms with E-state index in [-0.39, 0.29) is 6.10 Å². The van der Waals surface area contributed by atoms with Gasteiger partial charge in [0.1, 0.15) is 0 Å². The highest BCUT2D eigenvalue weighted by Crippen LogP contribution is 2.10. The highest BCUT2D eigenvalue weighted by Gasteiger charge is 2.10. The van der Waals surface area contributed by atoms with Crippen molar-refractivity contribution < 1.29 is 9.84 Å². The van der Waals surface area contributed by atoms with E-state index >= 15 is 0 Å². The van der Waals surface area contributed by atoms with Gasteiger partial charge >= 0.3 is 0 Å². The summed E-state index contributed by atoms with van der Waals surface area (Å²) in [5.41, 5.74) is 3.40. The molecule has 0 aliphatic heterocycles. The van der Waals surface area contributed by atoms with Crippen molar-refractivity contribution in [3.05, 3.63) is 17.0 Å². The largest absolute Gasteiger partial charge is 0.389 e. The fourth-order valence-electron chi connectivity index (χ4n) is 1.80. The van der Waals surface area contributed by atoms with Gasteiger partial charge in [-0.3, -0.25) is 4.68 Å². The Hall–Kier alpha value is -0.910. The van der Waals surface area contributed by atoms with Crippen LogP contribution in [0.15, 0.2) is 0 Å². The van der Waals surface area contributed by atoms with E-state index in [0.717, 1.165) is 17.9 Å². The van der Waals surface area contributed by atoms with E-state index in [9.17, 15) is 5.11 Å². The van der Waals surface area contributed by atoms with Crippen LogP contribution < -0.4 is 5.32 Å². The van der Waals surface area contributed by atoms with Crippen LogP contribution in [-0.2, 0) is 18.3 Å². The molecular weight excluding hydrogens is 230 g/mol. The van der Waals surface area contributed by atoms with Crippen molar-refractivity contribution in [3.63, 3.8) is 0 Å². The molecule has 0 saturated carbocycles. The maximum Gasteiger partial charge on any atom is 0.0897 e. The van der Waals surface area contributed by atoms with Crippen LogP contribution in [0.3, 0.4) is 0 Å². The first-order valence-electron chi connectivity index (χ1n) is 6.41. The lowest BCUT2D eigenvalue weighted by Crippen LogP contribution is -2.31. The molecule has 5 heteroatoms. The van der Waals surface area contributed by atoms with Crippen LogP contribution in [-0.4, -0.2) is 40.2 Å². The monoisotopic (exact) mass is 255 g/mol. The highest BCUT2D eigenvalue weighted by atomic mass is 16.5. The van der Waals surface area contributed by atoms with E-state index < -0.39 is 6.10 Å². The maximum atomic E-state index is 9.71. The van der Waals surface area contributed by atoms with Crippen molar-refractivity contribution in [2.24, 2.45) is 7.05 Å². The number of nitrogens with one attached hydrogen (secondary N) is 1. The van der Waals surface area contributed by atoms with E-state index in [1.165, 1.54) is 5.56 Å². The minimum atomic E-state index is -0.468. The lowest BCUT2D eigenvalue weighted by atomic mass is 10.2. The summed E-state index contributed by atoms with van der Waals surface area (Å²) in [6, 6.07) is 0. The number of rotatable bonds is 7. The molecule has 0 aromatic carbocycles. The molecule has 2 N–H and O–H groups in total. The molecular formula is C13H25N3O2. The summed E-state index contributed by atoms with van der Waals surface area (Å²) in [6.07, 6.45) is -0.313. The molecule has 0 radical (unpaired) electrons. The number of aromatic nitrogens is 2. The number of aliphatic hydroxyl groups is 1. The average Bonchev–Trinajstić information content (AvgIpc) is 2.53. The van der Waals surface area contributed by atoms with E-state index in [2.05, 4.69) is 17.3 Å². The van der Waals surface area contributed by atoms with Gasteiger partial charge in [-0.15, -0.1) is 0 Å². The van der Waals surface area contributed by atoms with Gasteiger partial charge in [-0.2, -0.15) is 5.10 Å². The third kappa shape index (κ3) is 4.40. The van der Waals surface area contributed by atoms with Gasteiger partial charge < -0.3 is 15.2 Å². The first kappa shape index (κ1) is 15.1. The van der Waals surface area contributed by atoms with E-state index in [4.69, 9.17) is 4.74 Å². The summed E-state index contributed by atoms with van der Waals surface area (Å²) < 4.78 is 7.23. The van der Waals surface area contributed by atoms with Crippen LogP contribution in [0.5, 0.6) is 0 Å². The Morgan fingerprint density at radius 2 is 2.06 bits per heavy atom. The second-order valence-corrected chi connectivity index (χ2v) is 4.94. The zero-order valence-electron chi connectivity index (χ0n) is 12.0. The molecule has 0 aliphatic rings. The van der Waals surface area contributed by atoms with Gasteiger partial charge in [-0.05, 0) is 27.7 Å². The van der Waals surface area contributed by atoms with Crippen molar-refractivity contribution in [2.45, 2.75) is 46.4 Å². The lowest BCUT2D eigenvalue weighted by Gasteiger charge is -2.14. The zero-order chi connectivity index (χ0) is 13.7. The minimum Gasteiger partial charge on any atom is -0.389 e. The van der Waals surface area contributed by atoms with E-state index in [1.54, 1.807) is 0 Å². The molecule has 5 nitrogen and oxygen atoms in total. The molecule has 1 atom stereocenters. The molecule has 1 aromatic rings. The highest BCUT2D eigenvalue weighted by molar-refractivity contribution is 5.23. The standard InChI is InChI=1S/C13H25N3O2/c1-9(2)18-8-12(17)6-14-7-13-10(3)15-16(5)11(13)4/h9,12,14,17H,6-8H2,1-5H3. The number of aliphatic hydroxyl groups excluding tert-OH is 1. The molecule has 104 valence electrons. The molecule has 18 heavy (non-hydrogen) atoms. The van der Waals surface area contributed by atoms with Crippen molar-refractivity contribution in [1.82, 2.24) is 15.1 Å². The van der Waals surface area contributed by atoms with E-state index in [1.807, 2.05) is 32.5 Å². The Morgan fingerprint density at radius 1 is 1.39 bits per heavy atom. The Bertz CT molecular complexity index is 375. The fraction of sp³-hybridized carbons (Fsp3) is 0.769. The summed E-state index contributed by atoms with van der Waals surface area (Å²) in [5.74, 6) is 0. The fourth-order valence-corrected chi connectivity index (χ4v) is 1.80. The van der Waals surface area contributed by atoms with Crippen molar-refractivity contribution >= 4 is 0 Å². The predicted molar refractivity (Wildman–Crippen MR) is 71.5 cm³/mol. The molecule has 0 bridgehead atoms. The first-order valence-corrected chi connectivity index (χ1v) is 6.41. The van der Waals surface area contributed by atoms with Gasteiger partial charge in [0.25, 0.3) is 0 Å². The van der Waals surface area contributed by atoms with Crippen LogP contribution >= 0.6 is 0 Å². The summed E-state index contributed by atoms with van der Waals surface area (Å²) in [5, 5.41) is 17.3. The van der Waals surface area contributed by atoms with E-state index in [0.29, 0.717) is 13.2 Å². The second kappa shape index (κ2) is 6.87. The molecule has 1 unspecified atom stereocenters. The quantitative estimate of drug-likeness (QED) is 0.760. The van der Waals surface area contributed by atoms with Gasteiger partial charge in [0.15, 0.2) is 0 Å². The topological polar surface area (TPSA) is 59.3 Å². The van der Waals surface area contributed by atoms with Gasteiger partial charge in [-0.1, -0.05) is 0 Å². The van der Waals surface area contributed by atoms with Crippen LogP contribution in [0.4, 0.5) is 0 Å². The van der Waals surface area contributed by atoms with Crippen molar-refractivity contribution in [1.29, 1.82) is 0 Å². The van der Waals surface area contributed by atoms with Gasteiger partial charge in [0.05, 0.1) is 24.5 Å². The summed E-state index contributed by atoms with van der Waals surface area (Å²) in [4.78, 5) is 0. The first-order chi connectivity index (χ1) is 8.41. The Balaban J connectivity index is 2.33. The third-order valence-electron chi connectivity index (χ3n) is 2.96. The molecule has 1 aromatic heterocycles. The molecule has 0 aliphatic carbocycles. The molecule has 0 fully saturated rings. The average molecular weight is 255 g/mol. The van der Waals surface area contributed by atoms with Gasteiger partial charge in [0, 0.05) is 31.4 Å². The zero-order valence-corrected chi connectivity index (χ0v) is 12.0. The number of nitrogens with zero attached hydrogens (tertiary/aromatic N) is 2. The molecule has 0 saturated heterocycles. The minimum absolute atomic E-state index is 0.155. The molecule has 1 heterocycles. The maximum absolute atomic E-state index is 9.71. The predicted octanol–water partition coefficient (Wildman–Crippen LogP) is 0.912. The third-order valence-corrected chi connectivity index (χ3v) is 2.96. The summed E-state index contributed by atoms with van der Waals surface area (Å²) in [7, 11) is 1.94. The SMILES string of the molecule is Cc1nn(C)c(C)c1CNCC(O)COC(C)C. The summed E-state index contributed by atoms with van der Waals surface area (Å²) in [6.45, 7) is 9.60. The molecule has 0 spiro atoms. The van der Waals surface area contributed by atoms with Crippen molar-refractivity contribution in [3.8, 4) is 0 Å². The Kier molecular flexibility index (Phi) is 5.78. The Labute approximate surface area is 109 Å².